The Morgan fingerprint density at radius 1 is 1.07 bits per heavy atom. The van der Waals surface area contributed by atoms with E-state index in [1.54, 1.807) is 47.5 Å². The SMILES string of the molecule is O=[N+]([O-])c1ccc(-n2cc(CSc3nnc(-c4ccncc4)o3)nn2)cc1. The fourth-order valence-electron chi connectivity index (χ4n) is 2.23. The zero-order chi connectivity index (χ0) is 18.6. The van der Waals surface area contributed by atoms with Crippen LogP contribution in [0.1, 0.15) is 5.69 Å². The Labute approximate surface area is 156 Å². The van der Waals surface area contributed by atoms with Crippen LogP contribution in [0.4, 0.5) is 5.69 Å². The van der Waals surface area contributed by atoms with Crippen LogP contribution in [0.3, 0.4) is 0 Å². The highest BCUT2D eigenvalue weighted by Crippen LogP contribution is 2.25. The van der Waals surface area contributed by atoms with Gasteiger partial charge < -0.3 is 4.42 Å². The van der Waals surface area contributed by atoms with Crippen LogP contribution in [0.25, 0.3) is 17.1 Å². The molecule has 3 heterocycles. The Morgan fingerprint density at radius 3 is 2.59 bits per heavy atom. The highest BCUT2D eigenvalue weighted by Gasteiger charge is 2.11. The predicted octanol–water partition coefficient (Wildman–Crippen LogP) is 2.91. The minimum absolute atomic E-state index is 0.0241. The molecule has 0 saturated heterocycles. The molecule has 0 saturated carbocycles. The summed E-state index contributed by atoms with van der Waals surface area (Å²) < 4.78 is 7.16. The molecule has 0 bridgehead atoms. The number of thioether (sulfide) groups is 1. The van der Waals surface area contributed by atoms with Gasteiger partial charge in [0, 0.05) is 35.8 Å². The molecule has 0 atom stereocenters. The largest absolute Gasteiger partial charge is 0.411 e. The number of aromatic nitrogens is 6. The Kier molecular flexibility index (Phi) is 4.58. The Morgan fingerprint density at radius 2 is 1.85 bits per heavy atom. The first kappa shape index (κ1) is 16.8. The van der Waals surface area contributed by atoms with Gasteiger partial charge in [-0.2, -0.15) is 0 Å². The third-order valence-corrected chi connectivity index (χ3v) is 4.40. The zero-order valence-electron chi connectivity index (χ0n) is 13.7. The fraction of sp³-hybridized carbons (Fsp3) is 0.0625. The molecule has 0 aliphatic carbocycles. The van der Waals surface area contributed by atoms with Crippen LogP contribution in [0, 0.1) is 10.1 Å². The average Bonchev–Trinajstić information content (AvgIpc) is 3.37. The van der Waals surface area contributed by atoms with Crippen molar-refractivity contribution < 1.29 is 9.34 Å². The summed E-state index contributed by atoms with van der Waals surface area (Å²) >= 11 is 1.34. The van der Waals surface area contributed by atoms with E-state index in [2.05, 4.69) is 25.5 Å². The average molecular weight is 381 g/mol. The fourth-order valence-corrected chi connectivity index (χ4v) is 2.87. The van der Waals surface area contributed by atoms with Gasteiger partial charge >= 0.3 is 0 Å². The second-order valence-corrected chi connectivity index (χ2v) is 6.25. The molecule has 1 aromatic carbocycles. The second kappa shape index (κ2) is 7.33. The minimum Gasteiger partial charge on any atom is -0.411 e. The maximum Gasteiger partial charge on any atom is 0.277 e. The van der Waals surface area contributed by atoms with Crippen molar-refractivity contribution in [1.82, 2.24) is 30.2 Å². The Bertz CT molecular complexity index is 1060. The molecule has 4 aromatic rings. The summed E-state index contributed by atoms with van der Waals surface area (Å²) in [5.74, 6) is 0.916. The summed E-state index contributed by atoms with van der Waals surface area (Å²) in [6.07, 6.45) is 5.06. The van der Waals surface area contributed by atoms with E-state index in [1.165, 1.54) is 23.9 Å². The normalized spacial score (nSPS) is 10.8. The number of rotatable bonds is 6. The van der Waals surface area contributed by atoms with Gasteiger partial charge in [-0.3, -0.25) is 15.1 Å². The molecular weight excluding hydrogens is 370 g/mol. The second-order valence-electron chi connectivity index (χ2n) is 5.33. The van der Waals surface area contributed by atoms with Crippen LogP contribution in [0.2, 0.25) is 0 Å². The highest BCUT2D eigenvalue weighted by molar-refractivity contribution is 7.98. The first-order valence-corrected chi connectivity index (χ1v) is 8.70. The quantitative estimate of drug-likeness (QED) is 0.281. The van der Waals surface area contributed by atoms with Crippen molar-refractivity contribution in [3.05, 3.63) is 70.8 Å². The number of hydrogen-bond donors (Lipinski definition) is 0. The third-order valence-electron chi connectivity index (χ3n) is 3.54. The number of nitro benzene ring substituents is 1. The van der Waals surface area contributed by atoms with Gasteiger partial charge in [-0.25, -0.2) is 4.68 Å². The zero-order valence-corrected chi connectivity index (χ0v) is 14.5. The molecule has 0 aliphatic rings. The molecule has 3 aromatic heterocycles. The molecule has 0 amide bonds. The number of pyridine rings is 1. The summed E-state index contributed by atoms with van der Waals surface area (Å²) in [5, 5.41) is 27.3. The van der Waals surface area contributed by atoms with Crippen LogP contribution in [0.15, 0.2) is 64.6 Å². The molecular formula is C16H11N7O3S. The summed E-state index contributed by atoms with van der Waals surface area (Å²) in [5.41, 5.74) is 2.22. The first-order valence-electron chi connectivity index (χ1n) is 7.72. The summed E-state index contributed by atoms with van der Waals surface area (Å²) in [6, 6.07) is 9.65. The van der Waals surface area contributed by atoms with Crippen LogP contribution in [0.5, 0.6) is 0 Å². The van der Waals surface area contributed by atoms with Crippen molar-refractivity contribution in [1.29, 1.82) is 0 Å². The van der Waals surface area contributed by atoms with E-state index in [1.807, 2.05) is 0 Å². The minimum atomic E-state index is -0.447. The lowest BCUT2D eigenvalue weighted by Gasteiger charge is -1.98. The predicted molar refractivity (Wildman–Crippen MR) is 95.1 cm³/mol. The lowest BCUT2D eigenvalue weighted by atomic mass is 10.3. The van der Waals surface area contributed by atoms with Crippen molar-refractivity contribution >= 4 is 17.4 Å². The van der Waals surface area contributed by atoms with E-state index < -0.39 is 4.92 Å². The Balaban J connectivity index is 1.41. The molecule has 0 N–H and O–H groups in total. The number of benzene rings is 1. The monoisotopic (exact) mass is 381 g/mol. The molecule has 0 fully saturated rings. The van der Waals surface area contributed by atoms with Crippen molar-refractivity contribution in [3.63, 3.8) is 0 Å². The van der Waals surface area contributed by atoms with Gasteiger partial charge in [0.25, 0.3) is 10.9 Å². The van der Waals surface area contributed by atoms with Crippen molar-refractivity contribution in [2.24, 2.45) is 0 Å². The van der Waals surface area contributed by atoms with Gasteiger partial charge in [0.05, 0.1) is 22.5 Å². The maximum atomic E-state index is 10.7. The van der Waals surface area contributed by atoms with E-state index in [4.69, 9.17) is 4.42 Å². The molecule has 0 aliphatic heterocycles. The van der Waals surface area contributed by atoms with Gasteiger partial charge in [0.15, 0.2) is 0 Å². The molecule has 27 heavy (non-hydrogen) atoms. The van der Waals surface area contributed by atoms with Gasteiger partial charge in [0.1, 0.15) is 0 Å². The van der Waals surface area contributed by atoms with Crippen LogP contribution in [-0.2, 0) is 5.75 Å². The summed E-state index contributed by atoms with van der Waals surface area (Å²) in [4.78, 5) is 14.2. The van der Waals surface area contributed by atoms with Gasteiger partial charge in [0.2, 0.25) is 5.89 Å². The van der Waals surface area contributed by atoms with Crippen molar-refractivity contribution in [2.75, 3.05) is 0 Å². The van der Waals surface area contributed by atoms with E-state index in [9.17, 15) is 10.1 Å². The van der Waals surface area contributed by atoms with Crippen LogP contribution in [-0.4, -0.2) is 35.1 Å². The topological polar surface area (TPSA) is 126 Å². The number of non-ortho nitro benzene ring substituents is 1. The van der Waals surface area contributed by atoms with E-state index in [0.29, 0.717) is 28.2 Å². The summed E-state index contributed by atoms with van der Waals surface area (Å²) in [6.45, 7) is 0. The van der Waals surface area contributed by atoms with E-state index in [-0.39, 0.29) is 5.69 Å². The molecule has 0 radical (unpaired) electrons. The number of nitrogens with zero attached hydrogens (tertiary/aromatic N) is 7. The van der Waals surface area contributed by atoms with Crippen molar-refractivity contribution in [2.45, 2.75) is 11.0 Å². The maximum absolute atomic E-state index is 10.7. The lowest BCUT2D eigenvalue weighted by Crippen LogP contribution is -1.95. The van der Waals surface area contributed by atoms with Gasteiger partial charge in [-0.15, -0.1) is 15.3 Å². The van der Waals surface area contributed by atoms with Crippen molar-refractivity contribution in [3.8, 4) is 17.1 Å². The molecule has 0 unspecified atom stereocenters. The van der Waals surface area contributed by atoms with Crippen LogP contribution >= 0.6 is 11.8 Å². The molecule has 10 nitrogen and oxygen atoms in total. The van der Waals surface area contributed by atoms with Gasteiger partial charge in [-0.1, -0.05) is 17.0 Å². The number of hydrogen-bond acceptors (Lipinski definition) is 9. The van der Waals surface area contributed by atoms with Gasteiger partial charge in [-0.05, 0) is 24.3 Å². The number of nitro groups is 1. The lowest BCUT2D eigenvalue weighted by molar-refractivity contribution is -0.384. The smallest absolute Gasteiger partial charge is 0.277 e. The molecule has 0 spiro atoms. The standard InChI is InChI=1S/C16H11N7O3S/c24-23(25)14-3-1-13(2-4-14)22-9-12(18-21-22)10-27-16-20-19-15(26-16)11-5-7-17-8-6-11/h1-9H,10H2. The molecule has 4 rings (SSSR count). The Hall–Kier alpha value is -3.60. The van der Waals surface area contributed by atoms with E-state index in [0.717, 1.165) is 5.56 Å². The highest BCUT2D eigenvalue weighted by atomic mass is 32.2. The summed E-state index contributed by atoms with van der Waals surface area (Å²) in [7, 11) is 0. The molecule has 11 heteroatoms. The first-order chi connectivity index (χ1) is 13.2. The van der Waals surface area contributed by atoms with E-state index >= 15 is 0 Å². The third kappa shape index (κ3) is 3.82. The van der Waals surface area contributed by atoms with Crippen LogP contribution < -0.4 is 0 Å². The molecule has 134 valence electrons.